The number of carbonyl (C=O) groups excluding carboxylic acids is 1. The summed E-state index contributed by atoms with van der Waals surface area (Å²) in [6.07, 6.45) is 1.96. The molecule has 1 saturated carbocycles. The van der Waals surface area contributed by atoms with Gasteiger partial charge < -0.3 is 15.0 Å². The van der Waals surface area contributed by atoms with Gasteiger partial charge in [0.1, 0.15) is 5.75 Å². The fourth-order valence-electron chi connectivity index (χ4n) is 4.05. The van der Waals surface area contributed by atoms with Gasteiger partial charge in [0.05, 0.1) is 6.61 Å². The third kappa shape index (κ3) is 2.29. The summed E-state index contributed by atoms with van der Waals surface area (Å²) < 4.78 is 5.76. The van der Waals surface area contributed by atoms with Crippen molar-refractivity contribution >= 4 is 18.3 Å². The molecular weight excluding hydrogens is 300 g/mol. The molecule has 1 aromatic carbocycles. The lowest BCUT2D eigenvalue weighted by atomic mass is 9.87. The van der Waals surface area contributed by atoms with E-state index < -0.39 is 0 Å². The molecule has 2 aliphatic heterocycles. The van der Waals surface area contributed by atoms with Gasteiger partial charge in [-0.1, -0.05) is 18.2 Å². The van der Waals surface area contributed by atoms with Crippen molar-refractivity contribution < 1.29 is 9.53 Å². The number of fused-ring (bicyclic) bond motifs is 2. The second-order valence-corrected chi connectivity index (χ2v) is 6.59. The molecule has 3 atom stereocenters. The van der Waals surface area contributed by atoms with Crippen LogP contribution in [0.4, 0.5) is 0 Å². The Morgan fingerprint density at radius 2 is 2.23 bits per heavy atom. The van der Waals surface area contributed by atoms with Crippen molar-refractivity contribution in [1.82, 2.24) is 10.2 Å². The van der Waals surface area contributed by atoms with Crippen LogP contribution in [0.15, 0.2) is 24.3 Å². The fourth-order valence-corrected chi connectivity index (χ4v) is 4.05. The molecule has 0 aromatic heterocycles. The molecule has 1 amide bonds. The SMILES string of the molecule is C[C@@H]1CNCCN1C(=O)C1CC12CCOc1ccccc12.Cl. The number of benzene rings is 1. The van der Waals surface area contributed by atoms with E-state index in [2.05, 4.69) is 29.3 Å². The summed E-state index contributed by atoms with van der Waals surface area (Å²) >= 11 is 0. The number of ether oxygens (including phenoxy) is 1. The highest BCUT2D eigenvalue weighted by molar-refractivity contribution is 5.85. The Hall–Kier alpha value is -1.26. The normalized spacial score (nSPS) is 32.7. The van der Waals surface area contributed by atoms with E-state index in [9.17, 15) is 4.79 Å². The van der Waals surface area contributed by atoms with E-state index in [1.165, 1.54) is 5.56 Å². The van der Waals surface area contributed by atoms with Crippen molar-refractivity contribution in [1.29, 1.82) is 0 Å². The van der Waals surface area contributed by atoms with Crippen LogP contribution in [0.5, 0.6) is 5.75 Å². The molecule has 22 heavy (non-hydrogen) atoms. The molecule has 4 rings (SSSR count). The summed E-state index contributed by atoms with van der Waals surface area (Å²) in [6, 6.07) is 8.55. The van der Waals surface area contributed by atoms with Crippen molar-refractivity contribution in [3.63, 3.8) is 0 Å². The predicted molar refractivity (Wildman–Crippen MR) is 87.6 cm³/mol. The second kappa shape index (κ2) is 5.74. The molecule has 1 spiro atoms. The zero-order valence-corrected chi connectivity index (χ0v) is 13.7. The lowest BCUT2D eigenvalue weighted by Gasteiger charge is -2.35. The maximum Gasteiger partial charge on any atom is 0.226 e. The van der Waals surface area contributed by atoms with Crippen LogP contribution in [0.3, 0.4) is 0 Å². The first kappa shape index (κ1) is 15.6. The average Bonchev–Trinajstić information content (AvgIpc) is 3.22. The smallest absolute Gasteiger partial charge is 0.226 e. The Labute approximate surface area is 137 Å². The van der Waals surface area contributed by atoms with E-state index in [0.29, 0.717) is 11.9 Å². The minimum atomic E-state index is 0. The van der Waals surface area contributed by atoms with Crippen LogP contribution in [0.25, 0.3) is 0 Å². The first-order valence-electron chi connectivity index (χ1n) is 7.96. The standard InChI is InChI=1S/C17H22N2O2.ClH/c1-12-11-18-7-8-19(12)16(20)14-10-17(14)6-9-21-15-5-3-2-4-13(15)17;/h2-5,12,14,18H,6-11H2,1H3;1H/t12-,14?,17?;/m1./s1. The average molecular weight is 323 g/mol. The molecular formula is C17H23ClN2O2. The Morgan fingerprint density at radius 3 is 3.05 bits per heavy atom. The predicted octanol–water partition coefficient (Wildman–Crippen LogP) is 1.97. The number of hydrogen-bond acceptors (Lipinski definition) is 3. The van der Waals surface area contributed by atoms with E-state index in [1.54, 1.807) is 0 Å². The summed E-state index contributed by atoms with van der Waals surface area (Å²) in [5.74, 6) is 1.48. The molecule has 3 aliphatic rings. The number of piperazine rings is 1. The van der Waals surface area contributed by atoms with Crippen molar-refractivity contribution in [2.45, 2.75) is 31.2 Å². The molecule has 1 N–H and O–H groups in total. The summed E-state index contributed by atoms with van der Waals surface area (Å²) in [5, 5.41) is 3.35. The molecule has 0 radical (unpaired) electrons. The molecule has 5 heteroatoms. The lowest BCUT2D eigenvalue weighted by Crippen LogP contribution is -2.53. The van der Waals surface area contributed by atoms with Gasteiger partial charge in [-0.05, 0) is 25.8 Å². The molecule has 2 fully saturated rings. The van der Waals surface area contributed by atoms with Gasteiger partial charge in [0, 0.05) is 42.6 Å². The van der Waals surface area contributed by atoms with E-state index in [1.807, 2.05) is 12.1 Å². The zero-order chi connectivity index (χ0) is 14.4. The van der Waals surface area contributed by atoms with E-state index in [-0.39, 0.29) is 23.7 Å². The maximum absolute atomic E-state index is 12.9. The minimum Gasteiger partial charge on any atom is -0.493 e. The van der Waals surface area contributed by atoms with E-state index in [4.69, 9.17) is 4.74 Å². The summed E-state index contributed by atoms with van der Waals surface area (Å²) in [6.45, 7) is 5.53. The van der Waals surface area contributed by atoms with Gasteiger partial charge in [0.25, 0.3) is 0 Å². The van der Waals surface area contributed by atoms with Crippen molar-refractivity contribution in [3.05, 3.63) is 29.8 Å². The highest BCUT2D eigenvalue weighted by Gasteiger charge is 2.62. The van der Waals surface area contributed by atoms with Gasteiger partial charge in [-0.25, -0.2) is 0 Å². The van der Waals surface area contributed by atoms with Crippen LogP contribution >= 0.6 is 12.4 Å². The van der Waals surface area contributed by atoms with Gasteiger partial charge >= 0.3 is 0 Å². The van der Waals surface area contributed by atoms with Crippen molar-refractivity contribution in [2.75, 3.05) is 26.2 Å². The van der Waals surface area contributed by atoms with E-state index >= 15 is 0 Å². The fraction of sp³-hybridized carbons (Fsp3) is 0.588. The number of para-hydroxylation sites is 1. The third-order valence-electron chi connectivity index (χ3n) is 5.39. The maximum atomic E-state index is 12.9. The number of nitrogens with one attached hydrogen (secondary N) is 1. The second-order valence-electron chi connectivity index (χ2n) is 6.59. The molecule has 0 bridgehead atoms. The van der Waals surface area contributed by atoms with Crippen LogP contribution in [0.1, 0.15) is 25.3 Å². The Bertz CT molecular complexity index is 580. The first-order valence-corrected chi connectivity index (χ1v) is 7.96. The molecule has 1 aliphatic carbocycles. The Morgan fingerprint density at radius 1 is 1.41 bits per heavy atom. The van der Waals surface area contributed by atoms with Gasteiger partial charge in [-0.15, -0.1) is 12.4 Å². The number of hydrogen-bond donors (Lipinski definition) is 1. The van der Waals surface area contributed by atoms with Crippen LogP contribution in [-0.4, -0.2) is 43.1 Å². The highest BCUT2D eigenvalue weighted by atomic mass is 35.5. The molecule has 1 saturated heterocycles. The van der Waals surface area contributed by atoms with Gasteiger partial charge in [-0.2, -0.15) is 0 Å². The molecule has 2 unspecified atom stereocenters. The minimum absolute atomic E-state index is 0. The van der Waals surface area contributed by atoms with Crippen LogP contribution in [-0.2, 0) is 10.2 Å². The van der Waals surface area contributed by atoms with Gasteiger partial charge in [-0.3, -0.25) is 4.79 Å². The van der Waals surface area contributed by atoms with E-state index in [0.717, 1.165) is 44.8 Å². The number of carbonyl (C=O) groups is 1. The first-order chi connectivity index (χ1) is 10.2. The lowest BCUT2D eigenvalue weighted by molar-refractivity contribution is -0.136. The van der Waals surface area contributed by atoms with Crippen molar-refractivity contribution in [2.24, 2.45) is 5.92 Å². The van der Waals surface area contributed by atoms with Gasteiger partial charge in [0.15, 0.2) is 0 Å². The van der Waals surface area contributed by atoms with Gasteiger partial charge in [0.2, 0.25) is 5.91 Å². The molecule has 4 nitrogen and oxygen atoms in total. The Balaban J connectivity index is 0.00000144. The number of amides is 1. The van der Waals surface area contributed by atoms with Crippen LogP contribution < -0.4 is 10.1 Å². The molecule has 1 aromatic rings. The number of nitrogens with zero attached hydrogens (tertiary/aromatic N) is 1. The molecule has 2 heterocycles. The summed E-state index contributed by atoms with van der Waals surface area (Å²) in [4.78, 5) is 15.0. The number of rotatable bonds is 1. The summed E-state index contributed by atoms with van der Waals surface area (Å²) in [7, 11) is 0. The van der Waals surface area contributed by atoms with Crippen molar-refractivity contribution in [3.8, 4) is 5.75 Å². The van der Waals surface area contributed by atoms with Crippen LogP contribution in [0, 0.1) is 5.92 Å². The number of halogens is 1. The highest BCUT2D eigenvalue weighted by Crippen LogP contribution is 2.61. The van der Waals surface area contributed by atoms with Crippen LogP contribution in [0.2, 0.25) is 0 Å². The topological polar surface area (TPSA) is 41.6 Å². The quantitative estimate of drug-likeness (QED) is 0.859. The monoisotopic (exact) mass is 322 g/mol. The largest absolute Gasteiger partial charge is 0.493 e. The Kier molecular flexibility index (Phi) is 4.08. The molecule has 120 valence electrons. The third-order valence-corrected chi connectivity index (χ3v) is 5.39. The zero-order valence-electron chi connectivity index (χ0n) is 12.9. The summed E-state index contributed by atoms with van der Waals surface area (Å²) in [5.41, 5.74) is 1.30.